The van der Waals surface area contributed by atoms with Crippen molar-refractivity contribution in [2.24, 2.45) is 0 Å². The first-order chi connectivity index (χ1) is 9.61. The lowest BCUT2D eigenvalue weighted by atomic mass is 10.1. The Morgan fingerprint density at radius 3 is 2.95 bits per heavy atom. The molecule has 1 N–H and O–H groups in total. The van der Waals surface area contributed by atoms with Crippen LogP contribution in [-0.4, -0.2) is 34.5 Å². The van der Waals surface area contributed by atoms with Crippen molar-refractivity contribution in [3.8, 4) is 6.07 Å². The first-order valence-electron chi connectivity index (χ1n) is 6.60. The summed E-state index contributed by atoms with van der Waals surface area (Å²) in [6, 6.07) is 8.80. The van der Waals surface area contributed by atoms with Gasteiger partial charge < -0.3 is 10.0 Å². The fourth-order valence-corrected chi connectivity index (χ4v) is 2.59. The van der Waals surface area contributed by atoms with Gasteiger partial charge in [0.15, 0.2) is 0 Å². The summed E-state index contributed by atoms with van der Waals surface area (Å²) in [4.78, 5) is 24.9. The molecule has 1 aromatic carbocycles. The van der Waals surface area contributed by atoms with Crippen LogP contribution < -0.4 is 0 Å². The molecule has 0 aromatic heterocycles. The number of rotatable bonds is 4. The number of benzene rings is 1. The number of hydrogen-bond donors (Lipinski definition) is 1. The third kappa shape index (κ3) is 3.15. The van der Waals surface area contributed by atoms with Gasteiger partial charge in [-0.25, -0.2) is 0 Å². The van der Waals surface area contributed by atoms with Gasteiger partial charge in [-0.1, -0.05) is 12.1 Å². The van der Waals surface area contributed by atoms with Gasteiger partial charge in [-0.05, 0) is 30.5 Å². The molecule has 1 aliphatic rings. The molecule has 1 atom stereocenters. The number of likely N-dealkylation sites (tertiary alicyclic amines) is 1. The third-order valence-corrected chi connectivity index (χ3v) is 3.51. The number of carbonyl (C=O) groups is 2. The molecule has 1 aliphatic heterocycles. The molecule has 104 valence electrons. The maximum Gasteiger partial charge on any atom is 0.305 e. The average Bonchev–Trinajstić information content (AvgIpc) is 2.86. The fourth-order valence-electron chi connectivity index (χ4n) is 2.59. The highest BCUT2D eigenvalue weighted by Crippen LogP contribution is 2.23. The molecule has 1 amide bonds. The van der Waals surface area contributed by atoms with Crippen LogP contribution in [0.3, 0.4) is 0 Å². The highest BCUT2D eigenvalue weighted by molar-refractivity contribution is 5.95. The van der Waals surface area contributed by atoms with Crippen LogP contribution >= 0.6 is 0 Å². The van der Waals surface area contributed by atoms with E-state index in [1.807, 2.05) is 0 Å². The predicted octanol–water partition coefficient (Wildman–Crippen LogP) is 1.83. The Labute approximate surface area is 117 Å². The summed E-state index contributed by atoms with van der Waals surface area (Å²) >= 11 is 0. The van der Waals surface area contributed by atoms with Crippen LogP contribution in [0.4, 0.5) is 0 Å². The minimum atomic E-state index is -0.882. The average molecular weight is 272 g/mol. The molecule has 2 rings (SSSR count). The Kier molecular flexibility index (Phi) is 4.36. The topological polar surface area (TPSA) is 81.4 Å². The molecule has 1 unspecified atom stereocenters. The maximum atomic E-state index is 12.4. The molecule has 20 heavy (non-hydrogen) atoms. The highest BCUT2D eigenvalue weighted by Gasteiger charge is 2.30. The number of amides is 1. The Morgan fingerprint density at radius 1 is 1.45 bits per heavy atom. The first-order valence-corrected chi connectivity index (χ1v) is 6.60. The molecule has 5 nitrogen and oxygen atoms in total. The van der Waals surface area contributed by atoms with Crippen LogP contribution in [0, 0.1) is 11.3 Å². The number of aliphatic carboxylic acids is 1. The zero-order valence-corrected chi connectivity index (χ0v) is 11.1. The molecule has 5 heteroatoms. The van der Waals surface area contributed by atoms with Crippen molar-refractivity contribution in [3.05, 3.63) is 35.4 Å². The van der Waals surface area contributed by atoms with E-state index in [1.54, 1.807) is 29.2 Å². The SMILES string of the molecule is N#CCc1cccc(C(=O)N2CCCC2CC(=O)O)c1. The van der Waals surface area contributed by atoms with Crippen LogP contribution in [0.5, 0.6) is 0 Å². The maximum absolute atomic E-state index is 12.4. The molecule has 1 fully saturated rings. The van der Waals surface area contributed by atoms with E-state index < -0.39 is 5.97 Å². The number of carbonyl (C=O) groups excluding carboxylic acids is 1. The summed E-state index contributed by atoms with van der Waals surface area (Å²) in [5, 5.41) is 17.6. The van der Waals surface area contributed by atoms with Crippen molar-refractivity contribution in [2.45, 2.75) is 31.7 Å². The molecule has 1 saturated heterocycles. The van der Waals surface area contributed by atoms with Gasteiger partial charge in [0.25, 0.3) is 5.91 Å². The Balaban J connectivity index is 2.16. The van der Waals surface area contributed by atoms with E-state index in [9.17, 15) is 9.59 Å². The van der Waals surface area contributed by atoms with E-state index in [0.717, 1.165) is 18.4 Å². The predicted molar refractivity (Wildman–Crippen MR) is 72.1 cm³/mol. The van der Waals surface area contributed by atoms with Gasteiger partial charge in [0.1, 0.15) is 0 Å². The summed E-state index contributed by atoms with van der Waals surface area (Å²) in [7, 11) is 0. The van der Waals surface area contributed by atoms with E-state index in [1.165, 1.54) is 0 Å². The zero-order valence-electron chi connectivity index (χ0n) is 11.1. The number of nitriles is 1. The summed E-state index contributed by atoms with van der Waals surface area (Å²) in [5.74, 6) is -1.03. The molecule has 1 heterocycles. The second kappa shape index (κ2) is 6.20. The van der Waals surface area contributed by atoms with Gasteiger partial charge in [-0.3, -0.25) is 9.59 Å². The van der Waals surface area contributed by atoms with Crippen LogP contribution in [0.15, 0.2) is 24.3 Å². The lowest BCUT2D eigenvalue weighted by Gasteiger charge is -2.23. The van der Waals surface area contributed by atoms with E-state index in [0.29, 0.717) is 12.1 Å². The standard InChI is InChI=1S/C15H16N2O3/c16-7-6-11-3-1-4-12(9-11)15(20)17-8-2-5-13(17)10-14(18)19/h1,3-4,9,13H,2,5-6,8,10H2,(H,18,19). The lowest BCUT2D eigenvalue weighted by molar-refractivity contribution is -0.137. The number of hydrogen-bond acceptors (Lipinski definition) is 3. The van der Waals surface area contributed by atoms with Crippen molar-refractivity contribution in [1.29, 1.82) is 5.26 Å². The first kappa shape index (κ1) is 14.1. The van der Waals surface area contributed by atoms with E-state index in [-0.39, 0.29) is 24.8 Å². The second-order valence-corrected chi connectivity index (χ2v) is 4.93. The van der Waals surface area contributed by atoms with Gasteiger partial charge in [0, 0.05) is 18.2 Å². The van der Waals surface area contributed by atoms with Crippen molar-refractivity contribution >= 4 is 11.9 Å². The Morgan fingerprint density at radius 2 is 2.25 bits per heavy atom. The molecule has 0 aliphatic carbocycles. The Hall–Kier alpha value is -2.35. The molecule has 0 saturated carbocycles. The Bertz CT molecular complexity index is 562. The van der Waals surface area contributed by atoms with Crippen LogP contribution in [0.2, 0.25) is 0 Å². The quantitative estimate of drug-likeness (QED) is 0.906. The normalized spacial score (nSPS) is 17.8. The van der Waals surface area contributed by atoms with Gasteiger partial charge >= 0.3 is 5.97 Å². The number of carboxylic acid groups (broad SMARTS) is 1. The molecule has 0 radical (unpaired) electrons. The van der Waals surface area contributed by atoms with E-state index in [4.69, 9.17) is 10.4 Å². The monoisotopic (exact) mass is 272 g/mol. The largest absolute Gasteiger partial charge is 0.481 e. The molecule has 1 aromatic rings. The summed E-state index contributed by atoms with van der Waals surface area (Å²) in [6.45, 7) is 0.596. The summed E-state index contributed by atoms with van der Waals surface area (Å²) < 4.78 is 0. The van der Waals surface area contributed by atoms with Crippen LogP contribution in [0.1, 0.15) is 35.2 Å². The number of nitrogens with zero attached hydrogens (tertiary/aromatic N) is 2. The molecule has 0 spiro atoms. The molecular weight excluding hydrogens is 256 g/mol. The lowest BCUT2D eigenvalue weighted by Crippen LogP contribution is -2.36. The number of carboxylic acids is 1. The van der Waals surface area contributed by atoms with Crippen molar-refractivity contribution in [1.82, 2.24) is 4.90 Å². The van der Waals surface area contributed by atoms with Gasteiger partial charge in [-0.15, -0.1) is 0 Å². The minimum Gasteiger partial charge on any atom is -0.481 e. The smallest absolute Gasteiger partial charge is 0.305 e. The van der Waals surface area contributed by atoms with Crippen molar-refractivity contribution in [2.75, 3.05) is 6.54 Å². The van der Waals surface area contributed by atoms with Crippen LogP contribution in [-0.2, 0) is 11.2 Å². The summed E-state index contributed by atoms with van der Waals surface area (Å²) in [6.07, 6.45) is 1.82. The van der Waals surface area contributed by atoms with Gasteiger partial charge in [0.2, 0.25) is 0 Å². The fraction of sp³-hybridized carbons (Fsp3) is 0.400. The highest BCUT2D eigenvalue weighted by atomic mass is 16.4. The van der Waals surface area contributed by atoms with E-state index >= 15 is 0 Å². The van der Waals surface area contributed by atoms with Gasteiger partial charge in [0.05, 0.1) is 18.9 Å². The zero-order chi connectivity index (χ0) is 14.5. The van der Waals surface area contributed by atoms with Crippen molar-refractivity contribution < 1.29 is 14.7 Å². The van der Waals surface area contributed by atoms with Crippen LogP contribution in [0.25, 0.3) is 0 Å². The molecular formula is C15H16N2O3. The third-order valence-electron chi connectivity index (χ3n) is 3.51. The van der Waals surface area contributed by atoms with Crippen molar-refractivity contribution in [3.63, 3.8) is 0 Å². The minimum absolute atomic E-state index is 0.0103. The van der Waals surface area contributed by atoms with E-state index in [2.05, 4.69) is 6.07 Å². The molecule has 0 bridgehead atoms. The second-order valence-electron chi connectivity index (χ2n) is 4.93. The summed E-state index contributed by atoms with van der Waals surface area (Å²) in [5.41, 5.74) is 1.32. The van der Waals surface area contributed by atoms with Gasteiger partial charge in [-0.2, -0.15) is 5.26 Å².